The Balaban J connectivity index is 2.91. The average Bonchev–Trinajstić information content (AvgIpc) is 2.21. The number of carbonyl (C=O) groups is 1. The summed E-state index contributed by atoms with van der Waals surface area (Å²) in [5, 5.41) is 0. The van der Waals surface area contributed by atoms with Crippen LogP contribution in [0.25, 0.3) is 0 Å². The maximum absolute atomic E-state index is 9.95. The Morgan fingerprint density at radius 2 is 1.43 bits per heavy atom. The van der Waals surface area contributed by atoms with Crippen LogP contribution in [0.2, 0.25) is 0 Å². The topological polar surface area (TPSA) is 17.1 Å². The Bertz CT molecular complexity index is 138. The zero-order valence-electron chi connectivity index (χ0n) is 9.50. The van der Waals surface area contributed by atoms with Crippen molar-refractivity contribution in [2.24, 2.45) is 0 Å². The molecule has 0 heterocycles. The van der Waals surface area contributed by atoms with Gasteiger partial charge in [0.2, 0.25) is 0 Å². The second-order valence-corrected chi connectivity index (χ2v) is 3.83. The molecule has 0 spiro atoms. The highest BCUT2D eigenvalue weighted by Gasteiger charge is 1.89. The maximum Gasteiger partial charge on any atom is 0.142 e. The number of hydrogen-bond acceptors (Lipinski definition) is 1. The van der Waals surface area contributed by atoms with Gasteiger partial charge in [0.05, 0.1) is 0 Å². The third-order valence-corrected chi connectivity index (χ3v) is 2.44. The van der Waals surface area contributed by atoms with E-state index in [1.807, 2.05) is 6.08 Å². The third kappa shape index (κ3) is 11.4. The molecule has 0 unspecified atom stereocenters. The van der Waals surface area contributed by atoms with Crippen LogP contribution in [0.5, 0.6) is 0 Å². The van der Waals surface area contributed by atoms with Gasteiger partial charge in [-0.25, -0.2) is 0 Å². The quantitative estimate of drug-likeness (QED) is 0.290. The summed E-state index contributed by atoms with van der Waals surface area (Å²) >= 11 is 0. The summed E-state index contributed by atoms with van der Waals surface area (Å²) in [4.78, 5) is 9.95. The lowest BCUT2D eigenvalue weighted by molar-refractivity contribution is -0.104. The van der Waals surface area contributed by atoms with Crippen LogP contribution in [0.3, 0.4) is 0 Å². The van der Waals surface area contributed by atoms with Crippen molar-refractivity contribution >= 4 is 6.29 Å². The first-order chi connectivity index (χ1) is 6.91. The van der Waals surface area contributed by atoms with Gasteiger partial charge >= 0.3 is 0 Å². The van der Waals surface area contributed by atoms with E-state index in [9.17, 15) is 4.79 Å². The predicted octanol–water partition coefficient (Wildman–Crippen LogP) is 4.27. The van der Waals surface area contributed by atoms with Crippen LogP contribution >= 0.6 is 0 Å². The van der Waals surface area contributed by atoms with Gasteiger partial charge in [-0.15, -0.1) is 0 Å². The second-order valence-electron chi connectivity index (χ2n) is 3.83. The lowest BCUT2D eigenvalue weighted by Gasteiger charge is -1.99. The van der Waals surface area contributed by atoms with Crippen molar-refractivity contribution < 1.29 is 4.79 Å². The van der Waals surface area contributed by atoms with Crippen molar-refractivity contribution in [3.05, 3.63) is 12.2 Å². The van der Waals surface area contributed by atoms with Crippen molar-refractivity contribution in [1.29, 1.82) is 0 Å². The van der Waals surface area contributed by atoms with Crippen LogP contribution in [0, 0.1) is 0 Å². The summed E-state index contributed by atoms with van der Waals surface area (Å²) in [5.41, 5.74) is 0. The van der Waals surface area contributed by atoms with Gasteiger partial charge < -0.3 is 0 Å². The summed E-state index contributed by atoms with van der Waals surface area (Å²) in [7, 11) is 0. The van der Waals surface area contributed by atoms with Crippen molar-refractivity contribution in [3.8, 4) is 0 Å². The van der Waals surface area contributed by atoms with E-state index in [4.69, 9.17) is 0 Å². The smallest absolute Gasteiger partial charge is 0.142 e. The van der Waals surface area contributed by atoms with E-state index in [0.29, 0.717) is 0 Å². The highest BCUT2D eigenvalue weighted by Crippen LogP contribution is 2.09. The van der Waals surface area contributed by atoms with Gasteiger partial charge in [0.15, 0.2) is 0 Å². The summed E-state index contributed by atoms with van der Waals surface area (Å²) in [5.74, 6) is 0. The molecular weight excluding hydrogens is 172 g/mol. The molecule has 0 atom stereocenters. The number of rotatable bonds is 10. The number of unbranched alkanes of at least 4 members (excludes halogenated alkanes) is 8. The molecule has 0 bridgehead atoms. The lowest BCUT2D eigenvalue weighted by Crippen LogP contribution is -1.79. The monoisotopic (exact) mass is 196 g/mol. The SMILES string of the molecule is CCCCCCCCCC/C=C\C=O. The lowest BCUT2D eigenvalue weighted by atomic mass is 10.1. The van der Waals surface area contributed by atoms with Gasteiger partial charge in [0.25, 0.3) is 0 Å². The first-order valence-electron chi connectivity index (χ1n) is 6.02. The fourth-order valence-electron chi connectivity index (χ4n) is 1.55. The minimum Gasteiger partial charge on any atom is -0.299 e. The molecule has 0 rings (SSSR count). The molecule has 82 valence electrons. The van der Waals surface area contributed by atoms with Crippen LogP contribution in [0.4, 0.5) is 0 Å². The molecule has 0 saturated heterocycles. The summed E-state index contributed by atoms with van der Waals surface area (Å²) in [6.07, 6.45) is 16.3. The molecule has 0 aromatic rings. The molecule has 0 aliphatic heterocycles. The number of allylic oxidation sites excluding steroid dienone is 2. The molecule has 0 N–H and O–H groups in total. The molecule has 0 saturated carbocycles. The Morgan fingerprint density at radius 1 is 0.857 bits per heavy atom. The van der Waals surface area contributed by atoms with E-state index in [-0.39, 0.29) is 0 Å². The van der Waals surface area contributed by atoms with E-state index in [2.05, 4.69) is 6.92 Å². The number of hydrogen-bond donors (Lipinski definition) is 0. The standard InChI is InChI=1S/C13H24O/c1-2-3-4-5-6-7-8-9-10-11-12-13-14/h11-13H,2-10H2,1H3/b12-11-. The van der Waals surface area contributed by atoms with Gasteiger partial charge in [-0.1, -0.05) is 57.9 Å². The molecule has 0 aromatic heterocycles. The van der Waals surface area contributed by atoms with Gasteiger partial charge in [-0.2, -0.15) is 0 Å². The molecule has 0 aliphatic rings. The fourth-order valence-corrected chi connectivity index (χ4v) is 1.55. The maximum atomic E-state index is 9.95. The number of carbonyl (C=O) groups excluding carboxylic acids is 1. The summed E-state index contributed by atoms with van der Waals surface area (Å²) in [6, 6.07) is 0. The molecule has 0 aromatic carbocycles. The minimum atomic E-state index is 0.852. The first kappa shape index (κ1) is 13.4. The van der Waals surface area contributed by atoms with E-state index >= 15 is 0 Å². The van der Waals surface area contributed by atoms with Crippen molar-refractivity contribution in [2.75, 3.05) is 0 Å². The van der Waals surface area contributed by atoms with Crippen molar-refractivity contribution in [1.82, 2.24) is 0 Å². The highest BCUT2D eigenvalue weighted by molar-refractivity contribution is 5.64. The van der Waals surface area contributed by atoms with E-state index < -0.39 is 0 Å². The van der Waals surface area contributed by atoms with Crippen LogP contribution in [0.15, 0.2) is 12.2 Å². The van der Waals surface area contributed by atoms with E-state index in [1.165, 1.54) is 51.4 Å². The molecule has 14 heavy (non-hydrogen) atoms. The molecule has 0 amide bonds. The zero-order valence-corrected chi connectivity index (χ0v) is 9.50. The van der Waals surface area contributed by atoms with Gasteiger partial charge in [-0.3, -0.25) is 4.79 Å². The zero-order chi connectivity index (χ0) is 10.5. The van der Waals surface area contributed by atoms with E-state index in [0.717, 1.165) is 12.7 Å². The third-order valence-electron chi connectivity index (χ3n) is 2.44. The van der Waals surface area contributed by atoms with Crippen molar-refractivity contribution in [3.63, 3.8) is 0 Å². The molecular formula is C13H24O. The van der Waals surface area contributed by atoms with E-state index in [1.54, 1.807) is 6.08 Å². The van der Waals surface area contributed by atoms with Crippen LogP contribution in [-0.2, 0) is 4.79 Å². The van der Waals surface area contributed by atoms with Crippen LogP contribution in [0.1, 0.15) is 64.7 Å². The molecule has 0 radical (unpaired) electrons. The number of aldehydes is 1. The van der Waals surface area contributed by atoms with Gasteiger partial charge in [-0.05, 0) is 18.9 Å². The summed E-state index contributed by atoms with van der Waals surface area (Å²) < 4.78 is 0. The molecule has 0 aliphatic carbocycles. The Labute approximate surface area is 88.6 Å². The van der Waals surface area contributed by atoms with Crippen molar-refractivity contribution in [2.45, 2.75) is 64.7 Å². The Kier molecular flexibility index (Phi) is 11.9. The van der Waals surface area contributed by atoms with Gasteiger partial charge in [0, 0.05) is 0 Å². The Hall–Kier alpha value is -0.590. The molecule has 1 nitrogen and oxygen atoms in total. The summed E-state index contributed by atoms with van der Waals surface area (Å²) in [6.45, 7) is 2.25. The van der Waals surface area contributed by atoms with Crippen LogP contribution in [-0.4, -0.2) is 6.29 Å². The Morgan fingerprint density at radius 3 is 2.00 bits per heavy atom. The first-order valence-corrected chi connectivity index (χ1v) is 6.02. The average molecular weight is 196 g/mol. The molecule has 1 heteroatoms. The van der Waals surface area contributed by atoms with Crippen LogP contribution < -0.4 is 0 Å². The minimum absolute atomic E-state index is 0.852. The van der Waals surface area contributed by atoms with Gasteiger partial charge in [0.1, 0.15) is 6.29 Å². The molecule has 0 fully saturated rings. The highest BCUT2D eigenvalue weighted by atomic mass is 16.1. The fraction of sp³-hybridized carbons (Fsp3) is 0.769. The predicted molar refractivity (Wildman–Crippen MR) is 62.4 cm³/mol. The second kappa shape index (κ2) is 12.4. The largest absolute Gasteiger partial charge is 0.299 e. The normalized spacial score (nSPS) is 10.9.